The molecule has 0 bridgehead atoms. The van der Waals surface area contributed by atoms with E-state index < -0.39 is 0 Å². The highest BCUT2D eigenvalue weighted by Gasteiger charge is 2.31. The summed E-state index contributed by atoms with van der Waals surface area (Å²) in [6.07, 6.45) is 2.11. The van der Waals surface area contributed by atoms with Crippen molar-refractivity contribution in [2.75, 3.05) is 18.0 Å². The number of aliphatic hydroxyl groups is 1. The Labute approximate surface area is 99.3 Å². The van der Waals surface area contributed by atoms with Gasteiger partial charge in [0, 0.05) is 24.6 Å². The van der Waals surface area contributed by atoms with Gasteiger partial charge in [0.1, 0.15) is 16.8 Å². The fourth-order valence-electron chi connectivity index (χ4n) is 1.95. The number of anilines is 1. The van der Waals surface area contributed by atoms with Crippen LogP contribution in [-0.4, -0.2) is 34.3 Å². The fourth-order valence-corrected chi connectivity index (χ4v) is 2.13. The summed E-state index contributed by atoms with van der Waals surface area (Å²) < 4.78 is 0. The molecule has 1 aliphatic carbocycles. The van der Waals surface area contributed by atoms with Crippen molar-refractivity contribution in [1.29, 1.82) is 0 Å². The molecule has 0 unspecified atom stereocenters. The first-order chi connectivity index (χ1) is 7.65. The minimum Gasteiger partial charge on any atom is -0.389 e. The lowest BCUT2D eigenvalue weighted by molar-refractivity contribution is 0.141. The Bertz CT molecular complexity index is 427. The van der Waals surface area contributed by atoms with Crippen LogP contribution in [0.2, 0.25) is 5.15 Å². The van der Waals surface area contributed by atoms with Gasteiger partial charge >= 0.3 is 0 Å². The summed E-state index contributed by atoms with van der Waals surface area (Å²) in [5.41, 5.74) is 0.915. The van der Waals surface area contributed by atoms with Crippen molar-refractivity contribution in [2.24, 2.45) is 0 Å². The number of aromatic nitrogens is 2. The Balaban J connectivity index is 1.95. The molecule has 1 aliphatic heterocycles. The minimum absolute atomic E-state index is 0.225. The molecule has 1 saturated carbocycles. The molecule has 86 valence electrons. The molecule has 0 atom stereocenters. The maximum Gasteiger partial charge on any atom is 0.137 e. The van der Waals surface area contributed by atoms with E-state index in [1.807, 2.05) is 6.92 Å². The third-order valence-corrected chi connectivity index (χ3v) is 3.55. The summed E-state index contributed by atoms with van der Waals surface area (Å²) in [5, 5.41) is 9.86. The molecular weight excluding hydrogens is 226 g/mol. The predicted octanol–water partition coefficient (Wildman–Crippen LogP) is 1.50. The summed E-state index contributed by atoms with van der Waals surface area (Å²) in [5.74, 6) is 2.27. The molecule has 1 N–H and O–H groups in total. The highest BCUT2D eigenvalue weighted by molar-refractivity contribution is 6.30. The first kappa shape index (κ1) is 10.3. The van der Waals surface area contributed by atoms with Gasteiger partial charge in [-0.15, -0.1) is 0 Å². The maximum absolute atomic E-state index is 9.31. The Morgan fingerprint density at radius 2 is 2.00 bits per heavy atom. The van der Waals surface area contributed by atoms with Gasteiger partial charge < -0.3 is 10.0 Å². The first-order valence-electron chi connectivity index (χ1n) is 5.62. The second-order valence-electron chi connectivity index (χ2n) is 4.65. The van der Waals surface area contributed by atoms with Crippen molar-refractivity contribution < 1.29 is 5.11 Å². The smallest absolute Gasteiger partial charge is 0.137 e. The SMILES string of the molecule is Cc1c(Cl)nc(C2CC2)nc1N1CC(O)C1. The molecule has 4 nitrogen and oxygen atoms in total. The lowest BCUT2D eigenvalue weighted by Gasteiger charge is -2.37. The zero-order valence-electron chi connectivity index (χ0n) is 9.15. The monoisotopic (exact) mass is 239 g/mol. The number of hydrogen-bond donors (Lipinski definition) is 1. The molecule has 0 amide bonds. The van der Waals surface area contributed by atoms with Crippen LogP contribution in [0, 0.1) is 6.92 Å². The van der Waals surface area contributed by atoms with E-state index in [0.29, 0.717) is 24.2 Å². The lowest BCUT2D eigenvalue weighted by Crippen LogP contribution is -2.51. The summed E-state index contributed by atoms with van der Waals surface area (Å²) in [7, 11) is 0. The third-order valence-electron chi connectivity index (χ3n) is 3.18. The third kappa shape index (κ3) is 1.66. The topological polar surface area (TPSA) is 49.2 Å². The average Bonchev–Trinajstić information content (AvgIpc) is 3.01. The summed E-state index contributed by atoms with van der Waals surface area (Å²) >= 11 is 6.11. The molecular formula is C11H14ClN3O. The number of hydrogen-bond acceptors (Lipinski definition) is 4. The molecule has 2 aliphatic rings. The Morgan fingerprint density at radius 3 is 2.56 bits per heavy atom. The Hall–Kier alpha value is -0.870. The average molecular weight is 240 g/mol. The van der Waals surface area contributed by atoms with Crippen LogP contribution in [-0.2, 0) is 0 Å². The molecule has 1 aromatic rings. The summed E-state index contributed by atoms with van der Waals surface area (Å²) in [6.45, 7) is 3.23. The quantitative estimate of drug-likeness (QED) is 0.795. The van der Waals surface area contributed by atoms with E-state index in [1.165, 1.54) is 12.8 Å². The van der Waals surface area contributed by atoms with Crippen LogP contribution in [0.1, 0.15) is 30.1 Å². The number of aliphatic hydroxyl groups excluding tert-OH is 1. The van der Waals surface area contributed by atoms with Gasteiger partial charge in [0.15, 0.2) is 0 Å². The van der Waals surface area contributed by atoms with Crippen molar-refractivity contribution in [3.63, 3.8) is 0 Å². The number of halogens is 1. The molecule has 0 radical (unpaired) electrons. The van der Waals surface area contributed by atoms with Crippen LogP contribution in [0.15, 0.2) is 0 Å². The van der Waals surface area contributed by atoms with Crippen molar-refractivity contribution in [2.45, 2.75) is 31.8 Å². The second kappa shape index (κ2) is 3.57. The largest absolute Gasteiger partial charge is 0.389 e. The Morgan fingerprint density at radius 1 is 1.31 bits per heavy atom. The van der Waals surface area contributed by atoms with Crippen LogP contribution in [0.5, 0.6) is 0 Å². The van der Waals surface area contributed by atoms with E-state index in [-0.39, 0.29) is 6.10 Å². The van der Waals surface area contributed by atoms with Gasteiger partial charge in [-0.25, -0.2) is 9.97 Å². The maximum atomic E-state index is 9.31. The standard InChI is InChI=1S/C11H14ClN3O/c1-6-9(12)13-10(7-2-3-7)14-11(6)15-4-8(16)5-15/h7-8,16H,2-5H2,1H3. The number of β-amino-alcohol motifs (C(OH)–C–C–N with tert-alkyl or cyclic N) is 1. The highest BCUT2D eigenvalue weighted by Crippen LogP contribution is 2.40. The van der Waals surface area contributed by atoms with Gasteiger partial charge in [-0.3, -0.25) is 0 Å². The van der Waals surface area contributed by atoms with Gasteiger partial charge in [0.2, 0.25) is 0 Å². The number of rotatable bonds is 2. The second-order valence-corrected chi connectivity index (χ2v) is 5.01. The van der Waals surface area contributed by atoms with E-state index >= 15 is 0 Å². The van der Waals surface area contributed by atoms with Gasteiger partial charge in [-0.2, -0.15) is 0 Å². The molecule has 2 heterocycles. The van der Waals surface area contributed by atoms with Crippen molar-refractivity contribution in [3.8, 4) is 0 Å². The van der Waals surface area contributed by atoms with E-state index in [2.05, 4.69) is 14.9 Å². The predicted molar refractivity (Wildman–Crippen MR) is 62.0 cm³/mol. The van der Waals surface area contributed by atoms with Gasteiger partial charge in [-0.05, 0) is 19.8 Å². The molecule has 16 heavy (non-hydrogen) atoms. The zero-order valence-corrected chi connectivity index (χ0v) is 9.91. The van der Waals surface area contributed by atoms with Crippen LogP contribution in [0.4, 0.5) is 5.82 Å². The molecule has 3 rings (SSSR count). The minimum atomic E-state index is -0.225. The van der Waals surface area contributed by atoms with Crippen molar-refractivity contribution in [1.82, 2.24) is 9.97 Å². The molecule has 2 fully saturated rings. The van der Waals surface area contributed by atoms with Crippen molar-refractivity contribution >= 4 is 17.4 Å². The molecule has 1 aromatic heterocycles. The van der Waals surface area contributed by atoms with Crippen LogP contribution in [0.25, 0.3) is 0 Å². The van der Waals surface area contributed by atoms with E-state index in [9.17, 15) is 5.11 Å². The van der Waals surface area contributed by atoms with E-state index in [0.717, 1.165) is 17.2 Å². The summed E-state index contributed by atoms with van der Waals surface area (Å²) in [4.78, 5) is 10.9. The van der Waals surface area contributed by atoms with E-state index in [1.54, 1.807) is 0 Å². The first-order valence-corrected chi connectivity index (χ1v) is 6.00. The fraction of sp³-hybridized carbons (Fsp3) is 0.636. The van der Waals surface area contributed by atoms with Gasteiger partial charge in [-0.1, -0.05) is 11.6 Å². The van der Waals surface area contributed by atoms with Gasteiger partial charge in [0.05, 0.1) is 6.10 Å². The van der Waals surface area contributed by atoms with Crippen LogP contribution in [0.3, 0.4) is 0 Å². The molecule has 5 heteroatoms. The number of nitrogens with zero attached hydrogens (tertiary/aromatic N) is 3. The zero-order chi connectivity index (χ0) is 11.3. The Kier molecular flexibility index (Phi) is 2.30. The lowest BCUT2D eigenvalue weighted by atomic mass is 10.1. The van der Waals surface area contributed by atoms with Gasteiger partial charge in [0.25, 0.3) is 0 Å². The van der Waals surface area contributed by atoms with Crippen LogP contribution < -0.4 is 4.90 Å². The van der Waals surface area contributed by atoms with E-state index in [4.69, 9.17) is 11.6 Å². The summed E-state index contributed by atoms with van der Waals surface area (Å²) in [6, 6.07) is 0. The van der Waals surface area contributed by atoms with Crippen molar-refractivity contribution in [3.05, 3.63) is 16.5 Å². The molecule has 0 spiro atoms. The molecule has 1 saturated heterocycles. The van der Waals surface area contributed by atoms with Crippen LogP contribution >= 0.6 is 11.6 Å². The highest BCUT2D eigenvalue weighted by atomic mass is 35.5. The normalized spacial score (nSPS) is 21.1. The molecule has 0 aromatic carbocycles.